The van der Waals surface area contributed by atoms with Crippen LogP contribution in [0.3, 0.4) is 0 Å². The van der Waals surface area contributed by atoms with Gasteiger partial charge in [-0.3, -0.25) is 0 Å². The van der Waals surface area contributed by atoms with Crippen molar-refractivity contribution in [1.82, 2.24) is 0 Å². The van der Waals surface area contributed by atoms with Crippen LogP contribution in [0.5, 0.6) is 0 Å². The topological polar surface area (TPSA) is 40.5 Å². The maximum Gasteiger partial charge on any atom is 0.488 e. The highest BCUT2D eigenvalue weighted by atomic mass is 32.2. The lowest BCUT2D eigenvalue weighted by molar-refractivity contribution is 0.290. The van der Waals surface area contributed by atoms with Gasteiger partial charge >= 0.3 is 7.12 Å². The maximum atomic E-state index is 9.93. The lowest BCUT2D eigenvalue weighted by Crippen LogP contribution is -2.53. The zero-order valence-corrected chi connectivity index (χ0v) is 16.7. The fourth-order valence-electron chi connectivity index (χ4n) is 5.93. The minimum absolute atomic E-state index is 0.150. The summed E-state index contributed by atoms with van der Waals surface area (Å²) in [6.45, 7) is 0. The van der Waals surface area contributed by atoms with Crippen molar-refractivity contribution >= 4 is 18.9 Å². The van der Waals surface area contributed by atoms with Gasteiger partial charge in [-0.1, -0.05) is 91.1 Å². The van der Waals surface area contributed by atoms with E-state index in [2.05, 4.69) is 85.0 Å². The van der Waals surface area contributed by atoms with Crippen LogP contribution in [0.2, 0.25) is 0 Å². The molecule has 0 aromatic heterocycles. The van der Waals surface area contributed by atoms with Gasteiger partial charge in [-0.25, -0.2) is 0 Å². The predicted octanol–water partition coefficient (Wildman–Crippen LogP) is 4.30. The molecule has 2 aromatic carbocycles. The molecule has 29 heavy (non-hydrogen) atoms. The van der Waals surface area contributed by atoms with Crippen LogP contribution in [0.1, 0.15) is 11.1 Å². The molecule has 1 fully saturated rings. The third-order valence-corrected chi connectivity index (χ3v) is 8.52. The zero-order chi connectivity index (χ0) is 19.6. The number of benzene rings is 2. The lowest BCUT2D eigenvalue weighted by atomic mass is 9.56. The van der Waals surface area contributed by atoms with E-state index in [1.165, 1.54) is 22.3 Å². The predicted molar refractivity (Wildman–Crippen MR) is 120 cm³/mol. The molecule has 4 atom stereocenters. The summed E-state index contributed by atoms with van der Waals surface area (Å²) < 4.78 is 0. The molecule has 1 saturated heterocycles. The molecule has 2 nitrogen and oxygen atoms in total. The minimum Gasteiger partial charge on any atom is -0.423 e. The van der Waals surface area contributed by atoms with Crippen LogP contribution in [-0.4, -0.2) is 27.7 Å². The highest BCUT2D eigenvalue weighted by Crippen LogP contribution is 2.64. The Morgan fingerprint density at radius 2 is 1.38 bits per heavy atom. The average molecular weight is 396 g/mol. The summed E-state index contributed by atoms with van der Waals surface area (Å²) in [5.41, 5.74) is 5.73. The Morgan fingerprint density at radius 1 is 0.759 bits per heavy atom. The van der Waals surface area contributed by atoms with E-state index in [9.17, 15) is 10.0 Å². The van der Waals surface area contributed by atoms with E-state index in [0.717, 1.165) is 0 Å². The van der Waals surface area contributed by atoms with E-state index < -0.39 is 7.12 Å². The first-order valence-electron chi connectivity index (χ1n) is 10.2. The van der Waals surface area contributed by atoms with Crippen molar-refractivity contribution in [2.24, 2.45) is 11.8 Å². The molecule has 142 valence electrons. The molecule has 6 rings (SSSR count). The monoisotopic (exact) mass is 396 g/mol. The van der Waals surface area contributed by atoms with Gasteiger partial charge in [0.2, 0.25) is 0 Å². The molecule has 0 bridgehead atoms. The van der Waals surface area contributed by atoms with Gasteiger partial charge in [-0.2, -0.15) is 0 Å². The smallest absolute Gasteiger partial charge is 0.423 e. The summed E-state index contributed by atoms with van der Waals surface area (Å²) in [6.07, 6.45) is 15.2. The van der Waals surface area contributed by atoms with Gasteiger partial charge < -0.3 is 10.0 Å². The number of hydrogen-bond acceptors (Lipinski definition) is 3. The Balaban J connectivity index is 1.69. The first-order valence-corrected chi connectivity index (χ1v) is 11.1. The summed E-state index contributed by atoms with van der Waals surface area (Å²) in [5.74, 6) is 0.458. The largest absolute Gasteiger partial charge is 0.488 e. The summed E-state index contributed by atoms with van der Waals surface area (Å²) in [4.78, 5) is 0. The molecule has 2 aromatic rings. The Bertz CT molecular complexity index is 1070. The quantitative estimate of drug-likeness (QED) is 0.706. The van der Waals surface area contributed by atoms with Crippen molar-refractivity contribution in [2.45, 2.75) is 15.9 Å². The van der Waals surface area contributed by atoms with Gasteiger partial charge in [0.25, 0.3) is 0 Å². The normalized spacial score (nSPS) is 29.7. The Kier molecular flexibility index (Phi) is 3.86. The van der Waals surface area contributed by atoms with Crippen molar-refractivity contribution in [3.05, 3.63) is 108 Å². The van der Waals surface area contributed by atoms with Gasteiger partial charge in [0.05, 0.1) is 0 Å². The fourth-order valence-corrected chi connectivity index (χ4v) is 7.58. The standard InChI is InChI=1S/C25H21BO2S/c27-26(28)16-13-14-24-22(15-16)25(21-11-5-6-12-23(21)29-24)19-9-3-1-7-17(19)18-8-2-4-10-20(18)25/h1-15,21-24,27-28H. The third kappa shape index (κ3) is 2.28. The molecule has 4 aliphatic rings. The second-order valence-electron chi connectivity index (χ2n) is 8.25. The summed E-state index contributed by atoms with van der Waals surface area (Å²) in [5, 5.41) is 20.5. The van der Waals surface area contributed by atoms with Crippen molar-refractivity contribution in [2.75, 3.05) is 0 Å². The van der Waals surface area contributed by atoms with Crippen LogP contribution in [-0.2, 0) is 5.41 Å². The molecule has 0 radical (unpaired) electrons. The van der Waals surface area contributed by atoms with Crippen molar-refractivity contribution in [1.29, 1.82) is 0 Å². The van der Waals surface area contributed by atoms with Gasteiger partial charge in [-0.05, 0) is 27.7 Å². The van der Waals surface area contributed by atoms with Crippen molar-refractivity contribution < 1.29 is 10.0 Å². The summed E-state index contributed by atoms with van der Waals surface area (Å²) >= 11 is 1.99. The van der Waals surface area contributed by atoms with E-state index in [1.807, 2.05) is 17.8 Å². The SMILES string of the molecule is OB(O)C1=CC2C(C=C1)SC1C=CC=CC1C21c2ccccc2-c2ccccc21. The molecular weight excluding hydrogens is 375 g/mol. The molecule has 1 heterocycles. The van der Waals surface area contributed by atoms with Crippen LogP contribution in [0.25, 0.3) is 11.1 Å². The van der Waals surface area contributed by atoms with Gasteiger partial charge in [0.15, 0.2) is 0 Å². The highest BCUT2D eigenvalue weighted by Gasteiger charge is 2.59. The Labute approximate surface area is 175 Å². The fraction of sp³-hybridized carbons (Fsp3) is 0.200. The van der Waals surface area contributed by atoms with E-state index >= 15 is 0 Å². The second-order valence-corrected chi connectivity index (χ2v) is 9.61. The van der Waals surface area contributed by atoms with Crippen LogP contribution in [0, 0.1) is 11.8 Å². The molecule has 3 aliphatic carbocycles. The minimum atomic E-state index is -1.44. The second kappa shape index (κ2) is 6.37. The van der Waals surface area contributed by atoms with Crippen molar-refractivity contribution in [3.8, 4) is 11.1 Å². The number of hydrogen-bond donors (Lipinski definition) is 2. The van der Waals surface area contributed by atoms with Crippen LogP contribution in [0.15, 0.2) is 96.5 Å². The first-order chi connectivity index (χ1) is 14.2. The molecule has 4 heteroatoms. The van der Waals surface area contributed by atoms with E-state index in [1.54, 1.807) is 0 Å². The molecule has 1 spiro atoms. The van der Waals surface area contributed by atoms with E-state index in [-0.39, 0.29) is 16.6 Å². The van der Waals surface area contributed by atoms with E-state index in [4.69, 9.17) is 0 Å². The first kappa shape index (κ1) is 17.6. The molecule has 1 aliphatic heterocycles. The van der Waals surface area contributed by atoms with Crippen molar-refractivity contribution in [3.63, 3.8) is 0 Å². The third-order valence-electron chi connectivity index (χ3n) is 6.99. The van der Waals surface area contributed by atoms with Gasteiger partial charge in [0.1, 0.15) is 0 Å². The number of allylic oxidation sites excluding steroid dienone is 6. The molecule has 0 saturated carbocycles. The zero-order valence-electron chi connectivity index (χ0n) is 15.8. The maximum absolute atomic E-state index is 9.93. The number of rotatable bonds is 1. The van der Waals surface area contributed by atoms with Gasteiger partial charge in [-0.15, -0.1) is 11.8 Å². The molecular formula is C25H21BO2S. The molecule has 4 unspecified atom stereocenters. The Morgan fingerprint density at radius 3 is 2.07 bits per heavy atom. The molecule has 2 N–H and O–H groups in total. The van der Waals surface area contributed by atoms with Gasteiger partial charge in [0, 0.05) is 27.8 Å². The van der Waals surface area contributed by atoms with E-state index in [0.29, 0.717) is 16.6 Å². The van der Waals surface area contributed by atoms with Crippen LogP contribution < -0.4 is 0 Å². The summed E-state index contributed by atoms with van der Waals surface area (Å²) in [7, 11) is -1.44. The Hall–Kier alpha value is -2.27. The number of thioether (sulfide) groups is 1. The average Bonchev–Trinajstić information content (AvgIpc) is 3.05. The highest BCUT2D eigenvalue weighted by molar-refractivity contribution is 8.00. The lowest BCUT2D eigenvalue weighted by Gasteiger charge is -2.54. The van der Waals surface area contributed by atoms with Crippen LogP contribution >= 0.6 is 11.8 Å². The summed E-state index contributed by atoms with van der Waals surface area (Å²) in [6, 6.07) is 17.6. The molecule has 0 amide bonds. The van der Waals surface area contributed by atoms with Crippen LogP contribution in [0.4, 0.5) is 0 Å². The number of fused-ring (bicyclic) bond motifs is 9.